The molecule has 1 saturated carbocycles. The Morgan fingerprint density at radius 3 is 2.64 bits per heavy atom. The lowest BCUT2D eigenvalue weighted by Crippen LogP contribution is -2.59. The maximum atomic E-state index is 12.4. The second-order valence-electron chi connectivity index (χ2n) is 7.22. The van der Waals surface area contributed by atoms with E-state index in [1.165, 1.54) is 42.6 Å². The van der Waals surface area contributed by atoms with Crippen molar-refractivity contribution < 1.29 is 9.53 Å². The molecule has 0 unspecified atom stereocenters. The molecular weight excluding hydrogens is 332 g/mol. The summed E-state index contributed by atoms with van der Waals surface area (Å²) >= 11 is 1.63. The summed E-state index contributed by atoms with van der Waals surface area (Å²) in [7, 11) is 0. The molecule has 138 valence electrons. The van der Waals surface area contributed by atoms with Gasteiger partial charge in [-0.1, -0.05) is 37.5 Å². The molecule has 3 rings (SSSR count). The smallest absolute Gasteiger partial charge is 0.230 e. The summed E-state index contributed by atoms with van der Waals surface area (Å²) in [5, 5.41) is 3.24. The number of morpholine rings is 1. The Morgan fingerprint density at radius 2 is 1.92 bits per heavy atom. The van der Waals surface area contributed by atoms with Crippen LogP contribution in [0.2, 0.25) is 0 Å². The highest BCUT2D eigenvalue weighted by Crippen LogP contribution is 2.34. The zero-order valence-electron chi connectivity index (χ0n) is 15.3. The van der Waals surface area contributed by atoms with Crippen molar-refractivity contribution >= 4 is 17.7 Å². The van der Waals surface area contributed by atoms with Crippen LogP contribution in [-0.4, -0.2) is 54.9 Å². The predicted molar refractivity (Wildman–Crippen MR) is 103 cm³/mol. The molecule has 1 amide bonds. The summed E-state index contributed by atoms with van der Waals surface area (Å²) in [6.07, 6.45) is 6.25. The van der Waals surface area contributed by atoms with Gasteiger partial charge in [-0.05, 0) is 31.4 Å². The molecule has 0 spiro atoms. The third-order valence-electron chi connectivity index (χ3n) is 5.53. The van der Waals surface area contributed by atoms with Crippen molar-refractivity contribution in [2.75, 3.05) is 38.6 Å². The largest absolute Gasteiger partial charge is 0.379 e. The lowest BCUT2D eigenvalue weighted by molar-refractivity contribution is -0.119. The second-order valence-corrected chi connectivity index (χ2v) is 8.23. The van der Waals surface area contributed by atoms with Crippen LogP contribution in [0, 0.1) is 6.92 Å². The maximum absolute atomic E-state index is 12.4. The molecule has 5 heteroatoms. The van der Waals surface area contributed by atoms with Crippen molar-refractivity contribution in [3.8, 4) is 0 Å². The molecular formula is C20H30N2O2S. The van der Waals surface area contributed by atoms with Gasteiger partial charge in [0.25, 0.3) is 0 Å². The van der Waals surface area contributed by atoms with E-state index < -0.39 is 0 Å². The summed E-state index contributed by atoms with van der Waals surface area (Å²) in [5.41, 5.74) is 1.38. The van der Waals surface area contributed by atoms with E-state index in [0.29, 0.717) is 5.75 Å². The molecule has 1 aromatic carbocycles. The van der Waals surface area contributed by atoms with Gasteiger partial charge in [-0.15, -0.1) is 11.8 Å². The van der Waals surface area contributed by atoms with Crippen molar-refractivity contribution in [1.82, 2.24) is 10.2 Å². The molecule has 2 fully saturated rings. The number of nitrogens with one attached hydrogen (secondary N) is 1. The number of benzene rings is 1. The Balaban J connectivity index is 1.53. The summed E-state index contributed by atoms with van der Waals surface area (Å²) < 4.78 is 5.53. The fraction of sp³-hybridized carbons (Fsp3) is 0.650. The van der Waals surface area contributed by atoms with Crippen LogP contribution >= 0.6 is 11.8 Å². The van der Waals surface area contributed by atoms with Crippen molar-refractivity contribution in [1.29, 1.82) is 0 Å². The Labute approximate surface area is 155 Å². The third-order valence-corrected chi connectivity index (χ3v) is 6.71. The number of aryl methyl sites for hydroxylation is 1. The monoisotopic (exact) mass is 362 g/mol. The van der Waals surface area contributed by atoms with Gasteiger partial charge in [0.05, 0.1) is 19.0 Å². The maximum Gasteiger partial charge on any atom is 0.230 e. The first-order valence-electron chi connectivity index (χ1n) is 9.48. The van der Waals surface area contributed by atoms with Gasteiger partial charge in [-0.2, -0.15) is 0 Å². The van der Waals surface area contributed by atoms with E-state index in [1.54, 1.807) is 11.8 Å². The average molecular weight is 363 g/mol. The van der Waals surface area contributed by atoms with Gasteiger partial charge in [0.15, 0.2) is 0 Å². The summed E-state index contributed by atoms with van der Waals surface area (Å²) in [6, 6.07) is 8.25. The molecule has 1 saturated heterocycles. The fourth-order valence-corrected chi connectivity index (χ4v) is 4.89. The third kappa shape index (κ3) is 4.99. The molecule has 0 aromatic heterocycles. The van der Waals surface area contributed by atoms with Gasteiger partial charge in [0, 0.05) is 30.1 Å². The molecule has 1 aromatic rings. The topological polar surface area (TPSA) is 41.6 Å². The molecule has 2 aliphatic rings. The van der Waals surface area contributed by atoms with Gasteiger partial charge < -0.3 is 10.1 Å². The summed E-state index contributed by atoms with van der Waals surface area (Å²) in [5.74, 6) is 0.635. The van der Waals surface area contributed by atoms with Crippen LogP contribution in [-0.2, 0) is 9.53 Å². The van der Waals surface area contributed by atoms with E-state index in [0.717, 1.165) is 32.8 Å². The van der Waals surface area contributed by atoms with Crippen molar-refractivity contribution in [2.45, 2.75) is 49.5 Å². The summed E-state index contributed by atoms with van der Waals surface area (Å²) in [4.78, 5) is 16.2. The molecule has 1 aliphatic carbocycles. The number of hydrogen-bond acceptors (Lipinski definition) is 4. The van der Waals surface area contributed by atoms with E-state index in [4.69, 9.17) is 4.74 Å². The average Bonchev–Trinajstić information content (AvgIpc) is 2.67. The zero-order valence-corrected chi connectivity index (χ0v) is 16.1. The number of carbonyl (C=O) groups is 1. The number of nitrogens with zero attached hydrogens (tertiary/aromatic N) is 1. The van der Waals surface area contributed by atoms with Gasteiger partial charge in [0.2, 0.25) is 5.91 Å². The van der Waals surface area contributed by atoms with Crippen molar-refractivity contribution in [2.24, 2.45) is 0 Å². The SMILES string of the molecule is Cc1ccccc1SCC(=O)NCC1(N2CCOCC2)CCCCC1. The zero-order chi connectivity index (χ0) is 17.5. The van der Waals surface area contributed by atoms with Crippen molar-refractivity contribution in [3.63, 3.8) is 0 Å². The number of rotatable bonds is 6. The lowest BCUT2D eigenvalue weighted by Gasteiger charge is -2.48. The minimum Gasteiger partial charge on any atom is -0.379 e. The Morgan fingerprint density at radius 1 is 1.20 bits per heavy atom. The second kappa shape index (κ2) is 9.06. The van der Waals surface area contributed by atoms with E-state index in [-0.39, 0.29) is 11.4 Å². The minimum atomic E-state index is 0.144. The number of amides is 1. The molecule has 1 N–H and O–H groups in total. The van der Waals surface area contributed by atoms with Crippen LogP contribution in [0.3, 0.4) is 0 Å². The highest BCUT2D eigenvalue weighted by molar-refractivity contribution is 8.00. The van der Waals surface area contributed by atoms with Gasteiger partial charge in [-0.3, -0.25) is 9.69 Å². The molecule has 0 radical (unpaired) electrons. The van der Waals surface area contributed by atoms with Gasteiger partial charge in [-0.25, -0.2) is 0 Å². The number of hydrogen-bond donors (Lipinski definition) is 1. The Hall–Kier alpha value is -1.04. The van der Waals surface area contributed by atoms with Crippen molar-refractivity contribution in [3.05, 3.63) is 29.8 Å². The van der Waals surface area contributed by atoms with Crippen LogP contribution in [0.15, 0.2) is 29.2 Å². The normalized spacial score (nSPS) is 21.0. The van der Waals surface area contributed by atoms with Crippen LogP contribution in [0.4, 0.5) is 0 Å². The first-order valence-corrected chi connectivity index (χ1v) is 10.5. The Bertz CT molecular complexity index is 567. The van der Waals surface area contributed by atoms with Crippen LogP contribution in [0.1, 0.15) is 37.7 Å². The van der Waals surface area contributed by atoms with Crippen LogP contribution < -0.4 is 5.32 Å². The van der Waals surface area contributed by atoms with E-state index in [1.807, 2.05) is 12.1 Å². The highest BCUT2D eigenvalue weighted by Gasteiger charge is 2.38. The quantitative estimate of drug-likeness (QED) is 0.789. The standard InChI is InChI=1S/C20H30N2O2S/c1-17-7-3-4-8-18(17)25-15-19(23)21-16-20(9-5-2-6-10-20)22-11-13-24-14-12-22/h3-4,7-8H,2,5-6,9-16H2,1H3,(H,21,23). The molecule has 0 bridgehead atoms. The first kappa shape index (κ1) is 18.7. The Kier molecular flexibility index (Phi) is 6.79. The van der Waals surface area contributed by atoms with E-state index in [9.17, 15) is 4.79 Å². The molecule has 1 aliphatic heterocycles. The molecule has 4 nitrogen and oxygen atoms in total. The highest BCUT2D eigenvalue weighted by atomic mass is 32.2. The van der Waals surface area contributed by atoms with Gasteiger partial charge in [0.1, 0.15) is 0 Å². The predicted octanol–water partition coefficient (Wildman–Crippen LogP) is 3.24. The first-order chi connectivity index (χ1) is 12.2. The van der Waals surface area contributed by atoms with E-state index in [2.05, 4.69) is 29.3 Å². The molecule has 1 heterocycles. The van der Waals surface area contributed by atoms with Gasteiger partial charge >= 0.3 is 0 Å². The van der Waals surface area contributed by atoms with Crippen LogP contribution in [0.5, 0.6) is 0 Å². The van der Waals surface area contributed by atoms with E-state index >= 15 is 0 Å². The number of carbonyl (C=O) groups excluding carboxylic acids is 1. The summed E-state index contributed by atoms with van der Waals surface area (Å²) in [6.45, 7) is 6.50. The van der Waals surface area contributed by atoms with Crippen LogP contribution in [0.25, 0.3) is 0 Å². The number of thioether (sulfide) groups is 1. The molecule has 0 atom stereocenters. The minimum absolute atomic E-state index is 0.144. The number of ether oxygens (including phenoxy) is 1. The lowest BCUT2D eigenvalue weighted by atomic mass is 9.79. The fourth-order valence-electron chi connectivity index (χ4n) is 4.03. The molecule has 25 heavy (non-hydrogen) atoms.